The number of ether oxygens (including phenoxy) is 2. The molecule has 35 heavy (non-hydrogen) atoms. The topological polar surface area (TPSA) is 84.9 Å². The van der Waals surface area contributed by atoms with Crippen LogP contribution in [0.25, 0.3) is 0 Å². The van der Waals surface area contributed by atoms with Crippen molar-refractivity contribution in [1.82, 2.24) is 5.32 Å². The fraction of sp³-hybridized carbons (Fsp3) is 0.519. The summed E-state index contributed by atoms with van der Waals surface area (Å²) in [7, 11) is -1.05. The van der Waals surface area contributed by atoms with Crippen LogP contribution in [0.1, 0.15) is 44.1 Å². The van der Waals surface area contributed by atoms with Gasteiger partial charge in [-0.2, -0.15) is 0 Å². The number of hydrogen-bond donors (Lipinski definition) is 1. The van der Waals surface area contributed by atoms with Crippen molar-refractivity contribution >= 4 is 21.6 Å². The molecule has 0 aliphatic heterocycles. The second-order valence-corrected chi connectivity index (χ2v) is 12.5. The van der Waals surface area contributed by atoms with E-state index in [4.69, 9.17) is 9.47 Å². The predicted molar refractivity (Wildman–Crippen MR) is 134 cm³/mol. The fourth-order valence-corrected chi connectivity index (χ4v) is 8.28. The van der Waals surface area contributed by atoms with E-state index in [2.05, 4.69) is 5.32 Å². The second kappa shape index (κ2) is 9.04. The van der Waals surface area contributed by atoms with Crippen molar-refractivity contribution in [2.24, 2.45) is 17.8 Å². The Bertz CT molecular complexity index is 1170. The molecule has 8 heteroatoms. The molecule has 4 fully saturated rings. The van der Waals surface area contributed by atoms with Crippen molar-refractivity contribution in [3.8, 4) is 11.5 Å². The first kappa shape index (κ1) is 24.0. The second-order valence-electron chi connectivity index (χ2n) is 10.6. The maximum atomic E-state index is 13.9. The molecule has 4 aliphatic rings. The van der Waals surface area contributed by atoms with Gasteiger partial charge < -0.3 is 14.8 Å². The molecular weight excluding hydrogens is 464 g/mol. The summed E-state index contributed by atoms with van der Waals surface area (Å²) in [5.41, 5.74) is 1.02. The van der Waals surface area contributed by atoms with Crippen LogP contribution >= 0.6 is 0 Å². The van der Waals surface area contributed by atoms with Gasteiger partial charge in [0.05, 0.1) is 24.8 Å². The van der Waals surface area contributed by atoms with Crippen LogP contribution in [0, 0.1) is 24.7 Å². The summed E-state index contributed by atoms with van der Waals surface area (Å²) >= 11 is 0. The molecule has 0 saturated heterocycles. The minimum atomic E-state index is -4.05. The molecule has 1 N–H and O–H groups in total. The molecule has 0 unspecified atom stereocenters. The molecule has 0 radical (unpaired) electrons. The van der Waals surface area contributed by atoms with Crippen molar-refractivity contribution in [1.29, 1.82) is 0 Å². The third-order valence-electron chi connectivity index (χ3n) is 7.99. The number of carbonyl (C=O) groups excluding carboxylic acids is 1. The van der Waals surface area contributed by atoms with E-state index in [0.29, 0.717) is 29.3 Å². The molecule has 4 aliphatic carbocycles. The van der Waals surface area contributed by atoms with Crippen LogP contribution in [-0.2, 0) is 14.8 Å². The van der Waals surface area contributed by atoms with Gasteiger partial charge in [-0.1, -0.05) is 17.7 Å². The lowest BCUT2D eigenvalue weighted by molar-refractivity contribution is -0.125. The number of benzene rings is 2. The van der Waals surface area contributed by atoms with Gasteiger partial charge in [0.15, 0.2) is 0 Å². The van der Waals surface area contributed by atoms with Gasteiger partial charge in [0.2, 0.25) is 5.91 Å². The normalized spacial score (nSPS) is 26.9. The van der Waals surface area contributed by atoms with Crippen LogP contribution in [0.4, 0.5) is 5.69 Å². The summed E-state index contributed by atoms with van der Waals surface area (Å²) in [6.07, 6.45) is 6.80. The molecule has 4 saturated carbocycles. The average molecular weight is 499 g/mol. The largest absolute Gasteiger partial charge is 0.497 e. The maximum absolute atomic E-state index is 13.9. The van der Waals surface area contributed by atoms with Gasteiger partial charge in [0, 0.05) is 11.6 Å². The standard InChI is InChI=1S/C27H34N2O5S/c1-18-4-7-23(8-5-18)35(31,32)29(24-13-22(33-2)6-9-25(24)34-3)17-26(30)28-27-14-19-10-20(15-27)12-21(11-19)16-27/h4-9,13,19-21H,10-12,14-17H2,1-3H3,(H,28,30). The number of nitrogens with zero attached hydrogens (tertiary/aromatic N) is 1. The number of aryl methyl sites for hydroxylation is 1. The van der Waals surface area contributed by atoms with E-state index >= 15 is 0 Å². The molecule has 7 nitrogen and oxygen atoms in total. The lowest BCUT2D eigenvalue weighted by Crippen LogP contribution is -2.61. The Morgan fingerprint density at radius 3 is 2.11 bits per heavy atom. The SMILES string of the molecule is COc1ccc(OC)c(N(CC(=O)NC23CC4CC(CC(C4)C2)C3)S(=O)(=O)c2ccc(C)cc2)c1. The smallest absolute Gasteiger partial charge is 0.264 e. The van der Waals surface area contributed by atoms with E-state index in [9.17, 15) is 13.2 Å². The van der Waals surface area contributed by atoms with Crippen molar-refractivity contribution in [2.45, 2.75) is 55.9 Å². The van der Waals surface area contributed by atoms with E-state index < -0.39 is 10.0 Å². The number of carbonyl (C=O) groups is 1. The number of amides is 1. The molecule has 4 bridgehead atoms. The summed E-state index contributed by atoms with van der Waals surface area (Å²) in [5.74, 6) is 2.57. The maximum Gasteiger partial charge on any atom is 0.264 e. The zero-order chi connectivity index (χ0) is 24.8. The van der Waals surface area contributed by atoms with Crippen LogP contribution < -0.4 is 19.1 Å². The number of anilines is 1. The van der Waals surface area contributed by atoms with Crippen LogP contribution in [0.3, 0.4) is 0 Å². The first-order valence-electron chi connectivity index (χ1n) is 12.3. The molecule has 2 aromatic carbocycles. The molecule has 0 atom stereocenters. The van der Waals surface area contributed by atoms with Crippen molar-refractivity contribution in [3.63, 3.8) is 0 Å². The highest BCUT2D eigenvalue weighted by Gasteiger charge is 2.51. The lowest BCUT2D eigenvalue weighted by atomic mass is 9.53. The first-order valence-corrected chi connectivity index (χ1v) is 13.8. The van der Waals surface area contributed by atoms with Gasteiger partial charge in [-0.3, -0.25) is 9.10 Å². The zero-order valence-corrected chi connectivity index (χ0v) is 21.4. The predicted octanol–water partition coefficient (Wildman–Crippen LogP) is 4.29. The number of nitrogens with one attached hydrogen (secondary N) is 1. The summed E-state index contributed by atoms with van der Waals surface area (Å²) in [6.45, 7) is 1.57. The number of rotatable bonds is 8. The number of hydrogen-bond acceptors (Lipinski definition) is 5. The van der Waals surface area contributed by atoms with E-state index in [1.807, 2.05) is 6.92 Å². The summed E-state index contributed by atoms with van der Waals surface area (Å²) in [5, 5.41) is 3.31. The quantitative estimate of drug-likeness (QED) is 0.587. The molecule has 6 rings (SSSR count). The van der Waals surface area contributed by atoms with Crippen molar-refractivity contribution in [3.05, 3.63) is 48.0 Å². The van der Waals surface area contributed by atoms with E-state index in [-0.39, 0.29) is 28.6 Å². The highest BCUT2D eigenvalue weighted by atomic mass is 32.2. The third kappa shape index (κ3) is 4.60. The molecule has 188 valence electrons. The van der Waals surface area contributed by atoms with Crippen LogP contribution in [-0.4, -0.2) is 40.6 Å². The molecule has 1 amide bonds. The highest BCUT2D eigenvalue weighted by molar-refractivity contribution is 7.92. The molecule has 2 aromatic rings. The van der Waals surface area contributed by atoms with Crippen molar-refractivity contribution in [2.75, 3.05) is 25.1 Å². The van der Waals surface area contributed by atoms with Gasteiger partial charge in [0.25, 0.3) is 10.0 Å². The van der Waals surface area contributed by atoms with E-state index in [1.165, 1.54) is 33.5 Å². The van der Waals surface area contributed by atoms with Gasteiger partial charge in [-0.05, 0) is 87.5 Å². The summed E-state index contributed by atoms with van der Waals surface area (Å²) < 4.78 is 39.7. The minimum Gasteiger partial charge on any atom is -0.497 e. The molecular formula is C27H34N2O5S. The summed E-state index contributed by atoms with van der Waals surface area (Å²) in [4.78, 5) is 13.6. The number of sulfonamides is 1. The Labute approximate surface area is 207 Å². The van der Waals surface area contributed by atoms with Gasteiger partial charge in [0.1, 0.15) is 18.0 Å². The lowest BCUT2D eigenvalue weighted by Gasteiger charge is -2.57. The molecule has 0 aromatic heterocycles. The van der Waals surface area contributed by atoms with Crippen molar-refractivity contribution < 1.29 is 22.7 Å². The van der Waals surface area contributed by atoms with E-state index in [1.54, 1.807) is 42.5 Å². The van der Waals surface area contributed by atoms with Crippen LogP contribution in [0.2, 0.25) is 0 Å². The number of methoxy groups -OCH3 is 2. The highest BCUT2D eigenvalue weighted by Crippen LogP contribution is 2.55. The fourth-order valence-electron chi connectivity index (χ4n) is 6.86. The van der Waals surface area contributed by atoms with Gasteiger partial charge in [-0.15, -0.1) is 0 Å². The Kier molecular flexibility index (Phi) is 6.20. The Balaban J connectivity index is 1.48. The average Bonchev–Trinajstić information content (AvgIpc) is 2.81. The Morgan fingerprint density at radius 2 is 1.57 bits per heavy atom. The minimum absolute atomic E-state index is 0.121. The van der Waals surface area contributed by atoms with Gasteiger partial charge in [-0.25, -0.2) is 8.42 Å². The molecule has 0 spiro atoms. The Morgan fingerprint density at radius 1 is 0.971 bits per heavy atom. The van der Waals surface area contributed by atoms with Crippen LogP contribution in [0.5, 0.6) is 11.5 Å². The monoisotopic (exact) mass is 498 g/mol. The first-order chi connectivity index (χ1) is 16.7. The third-order valence-corrected chi connectivity index (χ3v) is 9.77. The zero-order valence-electron chi connectivity index (χ0n) is 20.6. The van der Waals surface area contributed by atoms with Gasteiger partial charge >= 0.3 is 0 Å². The molecule has 0 heterocycles. The van der Waals surface area contributed by atoms with E-state index in [0.717, 1.165) is 29.1 Å². The summed E-state index contributed by atoms with van der Waals surface area (Å²) in [6, 6.07) is 11.6. The Hall–Kier alpha value is -2.74. The van der Waals surface area contributed by atoms with Crippen LogP contribution in [0.15, 0.2) is 47.4 Å².